The summed E-state index contributed by atoms with van der Waals surface area (Å²) >= 11 is 0. The number of carboxylic acid groups (broad SMARTS) is 1. The summed E-state index contributed by atoms with van der Waals surface area (Å²) in [5, 5.41) is 8.79. The first-order valence-electron chi connectivity index (χ1n) is 4.64. The van der Waals surface area contributed by atoms with Gasteiger partial charge in [0.1, 0.15) is 12.5 Å². The van der Waals surface area contributed by atoms with Crippen molar-refractivity contribution in [1.29, 1.82) is 0 Å². The Bertz CT molecular complexity index is 483. The maximum absolute atomic E-state index is 13.4. The van der Waals surface area contributed by atoms with Gasteiger partial charge < -0.3 is 10.0 Å². The number of carbonyl (C=O) groups is 1. The molecular formula is C11H9FN2O2. The van der Waals surface area contributed by atoms with Crippen molar-refractivity contribution in [3.05, 3.63) is 41.9 Å². The summed E-state index contributed by atoms with van der Waals surface area (Å²) in [6, 6.07) is 6.16. The minimum atomic E-state index is -1.08. The molecule has 1 aliphatic heterocycles. The van der Waals surface area contributed by atoms with Gasteiger partial charge in [0.15, 0.2) is 0 Å². The Morgan fingerprint density at radius 1 is 1.44 bits per heavy atom. The van der Waals surface area contributed by atoms with Crippen molar-refractivity contribution in [3.8, 4) is 0 Å². The number of aliphatic imine (C=N–C) groups is 1. The number of rotatable bonds is 2. The smallest absolute Gasteiger partial charge is 0.338 e. The van der Waals surface area contributed by atoms with Crippen molar-refractivity contribution in [3.63, 3.8) is 0 Å². The lowest BCUT2D eigenvalue weighted by Crippen LogP contribution is -2.23. The van der Waals surface area contributed by atoms with Crippen LogP contribution in [0, 0.1) is 5.82 Å². The molecule has 1 heterocycles. The highest BCUT2D eigenvalue weighted by molar-refractivity contribution is 6.09. The van der Waals surface area contributed by atoms with Crippen molar-refractivity contribution in [2.75, 3.05) is 11.6 Å². The lowest BCUT2D eigenvalue weighted by Gasteiger charge is -2.21. The van der Waals surface area contributed by atoms with Gasteiger partial charge in [0.2, 0.25) is 0 Å². The molecule has 5 heteroatoms. The Kier molecular flexibility index (Phi) is 2.68. The molecule has 0 unspecified atom stereocenters. The zero-order chi connectivity index (χ0) is 11.5. The summed E-state index contributed by atoms with van der Waals surface area (Å²) in [5.41, 5.74) is 0.354. The lowest BCUT2D eigenvalue weighted by atomic mass is 10.2. The minimum absolute atomic E-state index is 0.0366. The van der Waals surface area contributed by atoms with Gasteiger partial charge >= 0.3 is 5.97 Å². The van der Waals surface area contributed by atoms with Crippen molar-refractivity contribution >= 4 is 17.9 Å². The number of aliphatic carboxylic acids is 1. The predicted molar refractivity (Wildman–Crippen MR) is 58.0 cm³/mol. The van der Waals surface area contributed by atoms with Gasteiger partial charge in [0.05, 0.1) is 11.3 Å². The number of anilines is 1. The summed E-state index contributed by atoms with van der Waals surface area (Å²) in [6.45, 7) is 0.220. The number of benzene rings is 1. The monoisotopic (exact) mass is 220 g/mol. The van der Waals surface area contributed by atoms with Crippen LogP contribution in [0.1, 0.15) is 0 Å². The van der Waals surface area contributed by atoms with Gasteiger partial charge in [-0.15, -0.1) is 0 Å². The van der Waals surface area contributed by atoms with Crippen LogP contribution in [0.3, 0.4) is 0 Å². The Morgan fingerprint density at radius 2 is 2.19 bits per heavy atom. The molecule has 1 aromatic rings. The van der Waals surface area contributed by atoms with Crippen LogP contribution in [-0.4, -0.2) is 24.0 Å². The molecule has 4 nitrogen and oxygen atoms in total. The molecule has 0 amide bonds. The van der Waals surface area contributed by atoms with E-state index in [1.165, 1.54) is 23.4 Å². The number of hydrogen-bond donors (Lipinski definition) is 1. The van der Waals surface area contributed by atoms with E-state index in [0.717, 1.165) is 0 Å². The standard InChI is InChI=1S/C11H9FN2O2/c12-9-3-1-2-4-10(9)14-6-8(11(15)16)5-13-7-14/h1-6H,7H2,(H,15,16). The average Bonchev–Trinajstić information content (AvgIpc) is 2.30. The number of carboxylic acids is 1. The first kappa shape index (κ1) is 10.4. The van der Waals surface area contributed by atoms with Gasteiger partial charge in [-0.3, -0.25) is 4.99 Å². The second kappa shape index (κ2) is 4.14. The summed E-state index contributed by atoms with van der Waals surface area (Å²) in [7, 11) is 0. The fourth-order valence-corrected chi connectivity index (χ4v) is 1.41. The van der Waals surface area contributed by atoms with Crippen LogP contribution in [0.4, 0.5) is 10.1 Å². The van der Waals surface area contributed by atoms with E-state index >= 15 is 0 Å². The topological polar surface area (TPSA) is 52.9 Å². The molecule has 0 saturated carbocycles. The zero-order valence-corrected chi connectivity index (χ0v) is 8.30. The number of hydrogen-bond acceptors (Lipinski definition) is 3. The zero-order valence-electron chi connectivity index (χ0n) is 8.30. The van der Waals surface area contributed by atoms with E-state index in [4.69, 9.17) is 5.11 Å². The molecule has 0 fully saturated rings. The van der Waals surface area contributed by atoms with Gasteiger partial charge in [-0.25, -0.2) is 9.18 Å². The second-order valence-electron chi connectivity index (χ2n) is 3.26. The van der Waals surface area contributed by atoms with Gasteiger partial charge in [-0.1, -0.05) is 12.1 Å². The number of halogens is 1. The molecule has 0 atom stereocenters. The fraction of sp³-hybridized carbons (Fsp3) is 0.0909. The van der Waals surface area contributed by atoms with Crippen molar-refractivity contribution in [2.24, 2.45) is 4.99 Å². The number of nitrogens with zero attached hydrogens (tertiary/aromatic N) is 2. The first-order chi connectivity index (χ1) is 7.68. The highest BCUT2D eigenvalue weighted by Crippen LogP contribution is 2.20. The molecule has 82 valence electrons. The molecule has 1 aromatic carbocycles. The Morgan fingerprint density at radius 3 is 2.88 bits per heavy atom. The summed E-state index contributed by atoms with van der Waals surface area (Å²) in [6.07, 6.45) is 2.63. The van der Waals surface area contributed by atoms with Crippen LogP contribution >= 0.6 is 0 Å². The summed E-state index contributed by atoms with van der Waals surface area (Å²) < 4.78 is 13.4. The van der Waals surface area contributed by atoms with Crippen molar-refractivity contribution in [2.45, 2.75) is 0 Å². The third kappa shape index (κ3) is 1.93. The van der Waals surface area contributed by atoms with Crippen LogP contribution in [0.2, 0.25) is 0 Å². The molecular weight excluding hydrogens is 211 g/mol. The largest absolute Gasteiger partial charge is 0.478 e. The maximum Gasteiger partial charge on any atom is 0.338 e. The second-order valence-corrected chi connectivity index (χ2v) is 3.26. The number of para-hydroxylation sites is 1. The molecule has 16 heavy (non-hydrogen) atoms. The van der Waals surface area contributed by atoms with E-state index < -0.39 is 11.8 Å². The molecule has 0 spiro atoms. The van der Waals surface area contributed by atoms with E-state index in [2.05, 4.69) is 4.99 Å². The van der Waals surface area contributed by atoms with Gasteiger partial charge in [0.25, 0.3) is 0 Å². The molecule has 0 radical (unpaired) electrons. The average molecular weight is 220 g/mol. The first-order valence-corrected chi connectivity index (χ1v) is 4.64. The lowest BCUT2D eigenvalue weighted by molar-refractivity contribution is -0.132. The normalized spacial score (nSPS) is 14.8. The van der Waals surface area contributed by atoms with Gasteiger partial charge in [-0.2, -0.15) is 0 Å². The molecule has 0 saturated heterocycles. The quantitative estimate of drug-likeness (QED) is 0.824. The predicted octanol–water partition coefficient (Wildman–Crippen LogP) is 1.64. The third-order valence-corrected chi connectivity index (χ3v) is 2.17. The van der Waals surface area contributed by atoms with Crippen molar-refractivity contribution < 1.29 is 14.3 Å². The van der Waals surface area contributed by atoms with Crippen LogP contribution in [0.25, 0.3) is 0 Å². The Balaban J connectivity index is 2.34. The Hall–Kier alpha value is -2.17. The van der Waals surface area contributed by atoms with Gasteiger partial charge in [-0.05, 0) is 12.1 Å². The van der Waals surface area contributed by atoms with Gasteiger partial charge in [0, 0.05) is 12.4 Å². The van der Waals surface area contributed by atoms with Crippen LogP contribution in [-0.2, 0) is 4.79 Å². The molecule has 0 aliphatic carbocycles. The van der Waals surface area contributed by atoms with Crippen LogP contribution in [0.5, 0.6) is 0 Å². The van der Waals surface area contributed by atoms with E-state index in [1.54, 1.807) is 18.2 Å². The molecule has 0 aromatic heterocycles. The highest BCUT2D eigenvalue weighted by atomic mass is 19.1. The molecule has 0 bridgehead atoms. The van der Waals surface area contributed by atoms with E-state index in [9.17, 15) is 9.18 Å². The summed E-state index contributed by atoms with van der Waals surface area (Å²) in [5.74, 6) is -1.48. The van der Waals surface area contributed by atoms with Crippen LogP contribution < -0.4 is 4.90 Å². The maximum atomic E-state index is 13.4. The van der Waals surface area contributed by atoms with E-state index in [1.807, 2.05) is 0 Å². The molecule has 1 aliphatic rings. The van der Waals surface area contributed by atoms with Crippen molar-refractivity contribution in [1.82, 2.24) is 0 Å². The SMILES string of the molecule is O=C(O)C1=CN(c2ccccc2F)CN=C1. The fourth-order valence-electron chi connectivity index (χ4n) is 1.41. The molecule has 1 N–H and O–H groups in total. The summed E-state index contributed by atoms with van der Waals surface area (Å²) in [4.78, 5) is 16.1. The third-order valence-electron chi connectivity index (χ3n) is 2.17. The highest BCUT2D eigenvalue weighted by Gasteiger charge is 2.15. The Labute approximate surface area is 91.3 Å². The molecule has 2 rings (SSSR count). The minimum Gasteiger partial charge on any atom is -0.478 e. The van der Waals surface area contributed by atoms with Crippen LogP contribution in [0.15, 0.2) is 41.0 Å². The van der Waals surface area contributed by atoms with E-state index in [0.29, 0.717) is 5.69 Å². The van der Waals surface area contributed by atoms with E-state index in [-0.39, 0.29) is 12.2 Å².